The van der Waals surface area contributed by atoms with Crippen LogP contribution in [0.4, 0.5) is 39.5 Å². The van der Waals surface area contributed by atoms with Crippen molar-refractivity contribution in [1.29, 1.82) is 0 Å². The van der Waals surface area contributed by atoms with Gasteiger partial charge >= 0.3 is 18.5 Å². The van der Waals surface area contributed by atoms with Crippen LogP contribution in [0.5, 0.6) is 0 Å². The number of aromatic nitrogens is 2. The monoisotopic (exact) mass is 990 g/mol. The molecule has 320 valence electrons. The fraction of sp³-hybridized carbons (Fsp3) is 0.231. The Bertz CT molecular complexity index is 2150. The zero-order chi connectivity index (χ0) is 44.3. The summed E-state index contributed by atoms with van der Waals surface area (Å²) in [7, 11) is 0. The minimum absolute atomic E-state index is 0. The maximum absolute atomic E-state index is 12.2. The summed E-state index contributed by atoms with van der Waals surface area (Å²) in [5.74, 6) is -13.5. The number of carbonyl (C=O) groups excluding carboxylic acids is 6. The standard InChI is InChI=1S/C12H8N2.3C9H7F3O2S.Ru/c1-3-9-5-6-10-4-2-8-14-12(10)11(9)13-7-1;3*1-5(13)7(6-3-2-4-15-6)8(14)9(10,11)12;/h1-8H;3*2-4,7H,1H3;. The first-order valence-electron chi connectivity index (χ1n) is 16.5. The van der Waals surface area contributed by atoms with Gasteiger partial charge in [0.1, 0.15) is 35.1 Å². The van der Waals surface area contributed by atoms with E-state index in [0.717, 1.165) is 76.6 Å². The molecule has 0 spiro atoms. The van der Waals surface area contributed by atoms with Crippen molar-refractivity contribution >= 4 is 90.5 Å². The van der Waals surface area contributed by atoms with Crippen molar-refractivity contribution in [1.82, 2.24) is 9.97 Å². The van der Waals surface area contributed by atoms with E-state index in [1.807, 2.05) is 12.1 Å². The molecule has 3 unspecified atom stereocenters. The van der Waals surface area contributed by atoms with Crippen molar-refractivity contribution in [3.8, 4) is 0 Å². The predicted molar refractivity (Wildman–Crippen MR) is 203 cm³/mol. The van der Waals surface area contributed by atoms with Crippen LogP contribution in [0.3, 0.4) is 0 Å². The Hall–Kier alpha value is -4.85. The average molecular weight is 990 g/mol. The summed E-state index contributed by atoms with van der Waals surface area (Å²) in [6.07, 6.45) is -11.3. The molecule has 0 aliphatic rings. The third-order valence-electron chi connectivity index (χ3n) is 7.67. The van der Waals surface area contributed by atoms with Crippen molar-refractivity contribution in [2.75, 3.05) is 0 Å². The number of thiophene rings is 3. The van der Waals surface area contributed by atoms with Gasteiger partial charge in [-0.1, -0.05) is 42.5 Å². The number of hydrogen-bond acceptors (Lipinski definition) is 11. The van der Waals surface area contributed by atoms with Gasteiger partial charge in [-0.15, -0.1) is 34.0 Å². The van der Waals surface area contributed by atoms with Gasteiger partial charge in [-0.25, -0.2) is 0 Å². The van der Waals surface area contributed by atoms with Gasteiger partial charge in [0.05, 0.1) is 11.0 Å². The molecule has 5 aromatic heterocycles. The van der Waals surface area contributed by atoms with E-state index in [0.29, 0.717) is 0 Å². The molecule has 6 rings (SSSR count). The van der Waals surface area contributed by atoms with E-state index in [9.17, 15) is 68.3 Å². The molecule has 6 aromatic rings. The number of hydrogen-bond donors (Lipinski definition) is 0. The average Bonchev–Trinajstić information content (AvgIpc) is 3.97. The molecular formula is C39H29F9N2O6RuS3. The van der Waals surface area contributed by atoms with Gasteiger partial charge in [0.2, 0.25) is 0 Å². The third-order valence-corrected chi connectivity index (χ3v) is 10.5. The number of fused-ring (bicyclic) bond motifs is 3. The van der Waals surface area contributed by atoms with Crippen LogP contribution in [0.2, 0.25) is 0 Å². The first-order chi connectivity index (χ1) is 27.5. The zero-order valence-corrected chi connectivity index (χ0v) is 35.1. The molecular weight excluding hydrogens is 961 g/mol. The fourth-order valence-corrected chi connectivity index (χ4v) is 7.72. The molecule has 3 atom stereocenters. The van der Waals surface area contributed by atoms with Gasteiger partial charge in [-0.05, 0) is 67.2 Å². The molecule has 0 radical (unpaired) electrons. The molecule has 0 bridgehead atoms. The summed E-state index contributed by atoms with van der Waals surface area (Å²) in [4.78, 5) is 75.0. The summed E-state index contributed by atoms with van der Waals surface area (Å²) >= 11 is 2.89. The smallest absolute Gasteiger partial charge is 0.299 e. The van der Waals surface area contributed by atoms with Crippen molar-refractivity contribution in [3.05, 3.63) is 116 Å². The third kappa shape index (κ3) is 14.1. The molecule has 0 N–H and O–H groups in total. The largest absolute Gasteiger partial charge is 0.451 e. The predicted octanol–water partition coefficient (Wildman–Crippen LogP) is 10.4. The van der Waals surface area contributed by atoms with Crippen LogP contribution in [-0.2, 0) is 48.2 Å². The normalized spacial score (nSPS) is 12.7. The zero-order valence-electron chi connectivity index (χ0n) is 30.9. The summed E-state index contributed by atoms with van der Waals surface area (Å²) in [5, 5.41) is 6.84. The molecule has 5 heterocycles. The number of alkyl halides is 9. The molecule has 0 aliphatic heterocycles. The first-order valence-corrected chi connectivity index (χ1v) is 19.1. The molecule has 0 fully saturated rings. The van der Waals surface area contributed by atoms with E-state index in [1.54, 1.807) is 12.4 Å². The molecule has 0 amide bonds. The molecule has 0 saturated heterocycles. The Labute approximate surface area is 359 Å². The SMILES string of the molecule is CC(=O)C(C(=O)C(F)(F)F)c1cccs1.CC(=O)C(C(=O)C(F)(F)F)c1cccs1.CC(=O)C(C(=O)C(F)(F)F)c1cccs1.[Ru].c1cnc2c(c1)ccc1cccnc12. The second-order valence-electron chi connectivity index (χ2n) is 12.0. The molecule has 1 aromatic carbocycles. The quantitative estimate of drug-likeness (QED) is 0.0606. The maximum Gasteiger partial charge on any atom is 0.451 e. The van der Waals surface area contributed by atoms with Crippen molar-refractivity contribution in [2.45, 2.75) is 57.1 Å². The van der Waals surface area contributed by atoms with Gasteiger partial charge in [0.25, 0.3) is 17.3 Å². The first kappa shape index (κ1) is 51.3. The number of carbonyl (C=O) groups is 6. The van der Waals surface area contributed by atoms with Crippen LogP contribution in [-0.4, -0.2) is 63.2 Å². The Morgan fingerprint density at radius 1 is 0.450 bits per heavy atom. The number of Topliss-reactive ketones (excluding diaryl/α,β-unsaturated/α-hetero) is 6. The number of ketones is 6. The Kier molecular flexibility index (Phi) is 18.9. The van der Waals surface area contributed by atoms with E-state index in [-0.39, 0.29) is 34.1 Å². The van der Waals surface area contributed by atoms with Crippen LogP contribution in [0.25, 0.3) is 21.8 Å². The molecule has 21 heteroatoms. The van der Waals surface area contributed by atoms with E-state index in [4.69, 9.17) is 0 Å². The number of nitrogens with zero attached hydrogens (tertiary/aromatic N) is 2. The summed E-state index contributed by atoms with van der Waals surface area (Å²) in [6, 6.07) is 20.7. The second kappa shape index (κ2) is 22.1. The minimum atomic E-state index is -4.97. The number of halogens is 9. The maximum atomic E-state index is 12.2. The number of benzene rings is 1. The van der Waals surface area contributed by atoms with E-state index in [2.05, 4.69) is 34.2 Å². The summed E-state index contributed by atoms with van der Waals surface area (Å²) < 4.78 is 109. The van der Waals surface area contributed by atoms with Crippen LogP contribution in [0.15, 0.2) is 101 Å². The second-order valence-corrected chi connectivity index (χ2v) is 14.9. The minimum Gasteiger partial charge on any atom is -0.299 e. The van der Waals surface area contributed by atoms with Gasteiger partial charge in [0.15, 0.2) is 0 Å². The summed E-state index contributed by atoms with van der Waals surface area (Å²) in [5.41, 5.74) is 1.95. The number of pyridine rings is 2. The Morgan fingerprint density at radius 2 is 0.717 bits per heavy atom. The Balaban J connectivity index is 0.000000274. The molecule has 8 nitrogen and oxygen atoms in total. The van der Waals surface area contributed by atoms with Crippen LogP contribution in [0, 0.1) is 0 Å². The van der Waals surface area contributed by atoms with Gasteiger partial charge < -0.3 is 0 Å². The van der Waals surface area contributed by atoms with Gasteiger partial charge in [-0.2, -0.15) is 39.5 Å². The van der Waals surface area contributed by atoms with E-state index >= 15 is 0 Å². The van der Waals surface area contributed by atoms with Crippen LogP contribution in [0.1, 0.15) is 53.2 Å². The number of rotatable bonds is 9. The topological polar surface area (TPSA) is 128 Å². The molecule has 0 saturated carbocycles. The van der Waals surface area contributed by atoms with Crippen LogP contribution >= 0.6 is 34.0 Å². The summed E-state index contributed by atoms with van der Waals surface area (Å²) in [6.45, 7) is 2.94. The van der Waals surface area contributed by atoms with Crippen molar-refractivity contribution < 1.29 is 87.8 Å². The molecule has 60 heavy (non-hydrogen) atoms. The van der Waals surface area contributed by atoms with Crippen molar-refractivity contribution in [3.63, 3.8) is 0 Å². The molecule has 0 aliphatic carbocycles. The van der Waals surface area contributed by atoms with Crippen molar-refractivity contribution in [2.24, 2.45) is 0 Å². The Morgan fingerprint density at radius 3 is 0.917 bits per heavy atom. The van der Waals surface area contributed by atoms with E-state index in [1.165, 1.54) is 52.5 Å². The van der Waals surface area contributed by atoms with Crippen LogP contribution < -0.4 is 0 Å². The fourth-order valence-electron chi connectivity index (χ4n) is 5.08. The van der Waals surface area contributed by atoms with Gasteiger partial charge in [0, 0.05) is 57.3 Å². The van der Waals surface area contributed by atoms with Gasteiger partial charge in [-0.3, -0.25) is 38.7 Å². The van der Waals surface area contributed by atoms with E-state index < -0.39 is 71.0 Å².